The Morgan fingerprint density at radius 1 is 1.18 bits per heavy atom. The lowest BCUT2D eigenvalue weighted by atomic mass is 9.95. The number of fused-ring (bicyclic) bond motifs is 5. The number of ether oxygens (including phenoxy) is 1. The van der Waals surface area contributed by atoms with Crippen LogP contribution in [0.2, 0.25) is 0 Å². The molecule has 230 valence electrons. The lowest BCUT2D eigenvalue weighted by Crippen LogP contribution is -2.47. The third kappa shape index (κ3) is 4.45. The van der Waals surface area contributed by atoms with Gasteiger partial charge in [0.05, 0.1) is 10.9 Å². The standard InChI is InChI=1S/C33H35F2N5O3S/c1-2-19-5-3-6-20-11-24(41)12-25(27(19)20)29-28(35)30-26(14-36-29)31(40-22-7-8-23(40)17-44(42)16-22)38-32(37-30)43-18-33-9-4-10-39(33)15-21(34)13-33/h3,5-6,11-12,14,21-23,41H,2,4,7-10,13,15-18H2,1H3/t21-,22?,23?,33+,44?/m1/s1. The van der Waals surface area contributed by atoms with Crippen LogP contribution in [0.25, 0.3) is 32.9 Å². The van der Waals surface area contributed by atoms with Gasteiger partial charge in [-0.2, -0.15) is 9.97 Å². The van der Waals surface area contributed by atoms with Gasteiger partial charge in [-0.15, -0.1) is 0 Å². The smallest absolute Gasteiger partial charge is 0.319 e. The van der Waals surface area contributed by atoms with E-state index in [2.05, 4.69) is 19.8 Å². The Morgan fingerprint density at radius 2 is 2.00 bits per heavy atom. The van der Waals surface area contributed by atoms with Crippen LogP contribution in [-0.4, -0.2) is 84.2 Å². The number of alkyl halides is 1. The van der Waals surface area contributed by atoms with Crippen molar-refractivity contribution in [3.05, 3.63) is 47.9 Å². The van der Waals surface area contributed by atoms with Crippen LogP contribution >= 0.6 is 0 Å². The summed E-state index contributed by atoms with van der Waals surface area (Å²) in [5, 5.41) is 12.7. The topological polar surface area (TPSA) is 91.7 Å². The summed E-state index contributed by atoms with van der Waals surface area (Å²) in [6.45, 7) is 3.51. The van der Waals surface area contributed by atoms with Gasteiger partial charge in [0.1, 0.15) is 35.6 Å². The van der Waals surface area contributed by atoms with E-state index in [1.165, 1.54) is 0 Å². The summed E-state index contributed by atoms with van der Waals surface area (Å²) in [6.07, 6.45) is 5.44. The number of halogens is 2. The Labute approximate surface area is 256 Å². The van der Waals surface area contributed by atoms with E-state index in [-0.39, 0.29) is 41.7 Å². The highest BCUT2D eigenvalue weighted by molar-refractivity contribution is 7.85. The first kappa shape index (κ1) is 28.1. The number of benzene rings is 2. The van der Waals surface area contributed by atoms with Gasteiger partial charge in [-0.1, -0.05) is 25.1 Å². The number of aryl methyl sites for hydroxylation is 1. The van der Waals surface area contributed by atoms with Crippen LogP contribution < -0.4 is 9.64 Å². The molecule has 8 rings (SSSR count). The summed E-state index contributed by atoms with van der Waals surface area (Å²) in [6, 6.07) is 9.16. The molecule has 4 aliphatic heterocycles. The molecule has 6 heterocycles. The minimum Gasteiger partial charge on any atom is -0.508 e. The van der Waals surface area contributed by atoms with Crippen molar-refractivity contribution in [3.8, 4) is 23.0 Å². The van der Waals surface area contributed by atoms with Gasteiger partial charge >= 0.3 is 6.01 Å². The summed E-state index contributed by atoms with van der Waals surface area (Å²) in [7, 11) is -0.907. The lowest BCUT2D eigenvalue weighted by molar-refractivity contribution is 0.107. The van der Waals surface area contributed by atoms with Crippen molar-refractivity contribution in [1.82, 2.24) is 19.9 Å². The van der Waals surface area contributed by atoms with E-state index >= 15 is 4.39 Å². The maximum absolute atomic E-state index is 16.8. The number of aromatic nitrogens is 3. The molecule has 0 spiro atoms. The van der Waals surface area contributed by atoms with Gasteiger partial charge in [0.25, 0.3) is 0 Å². The van der Waals surface area contributed by atoms with Crippen LogP contribution in [0.4, 0.5) is 14.6 Å². The number of hydrogen-bond donors (Lipinski definition) is 1. The number of aromatic hydroxyl groups is 1. The van der Waals surface area contributed by atoms with E-state index < -0.39 is 28.3 Å². The Hall–Kier alpha value is -3.44. The van der Waals surface area contributed by atoms with Gasteiger partial charge in [-0.05, 0) is 67.1 Å². The molecule has 4 saturated heterocycles. The van der Waals surface area contributed by atoms with Crippen molar-refractivity contribution >= 4 is 38.3 Å². The van der Waals surface area contributed by atoms with Crippen molar-refractivity contribution in [2.24, 2.45) is 0 Å². The molecule has 2 aromatic carbocycles. The monoisotopic (exact) mass is 619 g/mol. The highest BCUT2D eigenvalue weighted by Crippen LogP contribution is 2.43. The van der Waals surface area contributed by atoms with E-state index in [4.69, 9.17) is 9.72 Å². The summed E-state index contributed by atoms with van der Waals surface area (Å²) < 4.78 is 50.1. The summed E-state index contributed by atoms with van der Waals surface area (Å²) in [4.78, 5) is 18.5. The molecular weight excluding hydrogens is 584 g/mol. The molecule has 1 N–H and O–H groups in total. The molecule has 0 radical (unpaired) electrons. The van der Waals surface area contributed by atoms with Crippen molar-refractivity contribution in [2.45, 2.75) is 69.2 Å². The number of pyridine rings is 1. The van der Waals surface area contributed by atoms with Gasteiger partial charge in [0.2, 0.25) is 0 Å². The first-order valence-corrected chi connectivity index (χ1v) is 17.1. The number of phenols is 1. The molecule has 8 nitrogen and oxygen atoms in total. The van der Waals surface area contributed by atoms with Gasteiger partial charge in [0.15, 0.2) is 5.82 Å². The zero-order valence-corrected chi connectivity index (χ0v) is 25.5. The Kier molecular flexibility index (Phi) is 6.75. The quantitative estimate of drug-likeness (QED) is 0.311. The normalized spacial score (nSPS) is 28.3. The van der Waals surface area contributed by atoms with Crippen molar-refractivity contribution in [3.63, 3.8) is 0 Å². The van der Waals surface area contributed by atoms with E-state index in [0.717, 1.165) is 55.0 Å². The first-order chi connectivity index (χ1) is 21.3. The number of phenolic OH excluding ortho intramolecular Hbond substituents is 1. The third-order valence-corrected chi connectivity index (χ3v) is 11.7. The fraction of sp³-hybridized carbons (Fsp3) is 0.485. The number of hydrogen-bond acceptors (Lipinski definition) is 8. The molecule has 0 amide bonds. The molecule has 2 aromatic heterocycles. The Bertz CT molecular complexity index is 1810. The predicted molar refractivity (Wildman–Crippen MR) is 167 cm³/mol. The van der Waals surface area contributed by atoms with E-state index in [9.17, 15) is 13.7 Å². The molecule has 2 unspecified atom stereocenters. The Morgan fingerprint density at radius 3 is 2.80 bits per heavy atom. The second-order valence-corrected chi connectivity index (χ2v) is 14.4. The zero-order valence-electron chi connectivity index (χ0n) is 24.6. The van der Waals surface area contributed by atoms with E-state index in [1.54, 1.807) is 18.3 Å². The highest BCUT2D eigenvalue weighted by Gasteiger charge is 2.49. The molecule has 4 aromatic rings. The number of rotatable bonds is 6. The van der Waals surface area contributed by atoms with Crippen LogP contribution in [0, 0.1) is 5.82 Å². The maximum Gasteiger partial charge on any atom is 0.319 e. The lowest BCUT2D eigenvalue weighted by Gasteiger charge is -2.36. The van der Waals surface area contributed by atoms with Crippen molar-refractivity contribution in [2.75, 3.05) is 36.1 Å². The maximum atomic E-state index is 16.8. The van der Waals surface area contributed by atoms with Crippen LogP contribution in [0.15, 0.2) is 36.5 Å². The molecule has 4 fully saturated rings. The van der Waals surface area contributed by atoms with Crippen molar-refractivity contribution < 1.29 is 22.8 Å². The van der Waals surface area contributed by atoms with Gasteiger partial charge in [-0.25, -0.2) is 8.78 Å². The van der Waals surface area contributed by atoms with Gasteiger partial charge in [0, 0.05) is 59.1 Å². The van der Waals surface area contributed by atoms with Crippen LogP contribution in [0.1, 0.15) is 44.6 Å². The first-order valence-electron chi connectivity index (χ1n) is 15.6. The molecule has 44 heavy (non-hydrogen) atoms. The zero-order chi connectivity index (χ0) is 30.2. The van der Waals surface area contributed by atoms with Crippen LogP contribution in [0.5, 0.6) is 11.8 Å². The molecule has 11 heteroatoms. The minimum atomic E-state index is -0.907. The van der Waals surface area contributed by atoms with E-state index in [0.29, 0.717) is 41.2 Å². The molecule has 0 aliphatic carbocycles. The summed E-state index contributed by atoms with van der Waals surface area (Å²) in [5.74, 6) is 1.02. The van der Waals surface area contributed by atoms with Gasteiger partial charge in [-0.3, -0.25) is 14.1 Å². The summed E-state index contributed by atoms with van der Waals surface area (Å²) >= 11 is 0. The fourth-order valence-electron chi connectivity index (χ4n) is 8.22. The van der Waals surface area contributed by atoms with Crippen molar-refractivity contribution in [1.29, 1.82) is 0 Å². The average molecular weight is 620 g/mol. The number of anilines is 1. The molecule has 4 atom stereocenters. The minimum absolute atomic E-state index is 0.0236. The fourth-order valence-corrected chi connectivity index (χ4v) is 9.87. The largest absolute Gasteiger partial charge is 0.508 e. The summed E-state index contributed by atoms with van der Waals surface area (Å²) in [5.41, 5.74) is 1.29. The number of nitrogens with zero attached hydrogens (tertiary/aromatic N) is 5. The van der Waals surface area contributed by atoms with Gasteiger partial charge < -0.3 is 14.7 Å². The highest BCUT2D eigenvalue weighted by atomic mass is 32.2. The second-order valence-electron chi connectivity index (χ2n) is 12.8. The third-order valence-electron chi connectivity index (χ3n) is 10.2. The average Bonchev–Trinajstić information content (AvgIpc) is 3.62. The van der Waals surface area contributed by atoms with Crippen LogP contribution in [0.3, 0.4) is 0 Å². The molecular formula is C33H35F2N5O3S. The SMILES string of the molecule is CCc1cccc2cc(O)cc(-c3ncc4c(N5C6CCC5CS(=O)C6)nc(OC[C@@]56CCCN5C[C@H](F)C6)nc4c3F)c12. The molecule has 4 aliphatic rings. The molecule has 2 bridgehead atoms. The van der Waals surface area contributed by atoms with E-state index in [1.807, 2.05) is 25.1 Å². The predicted octanol–water partition coefficient (Wildman–Crippen LogP) is 5.31. The Balaban J connectivity index is 1.28. The van der Waals surface area contributed by atoms with Crippen LogP contribution in [-0.2, 0) is 17.2 Å². The second kappa shape index (κ2) is 10.6. The molecule has 0 saturated carbocycles.